The third-order valence-electron chi connectivity index (χ3n) is 3.02. The third-order valence-corrected chi connectivity index (χ3v) is 3.02. The molecule has 0 radical (unpaired) electrons. The van der Waals surface area contributed by atoms with Crippen LogP contribution in [-0.4, -0.2) is 16.6 Å². The lowest BCUT2D eigenvalue weighted by molar-refractivity contribution is 0.276. The lowest BCUT2D eigenvalue weighted by atomic mass is 10.1. The average molecular weight is 241 g/mol. The summed E-state index contributed by atoms with van der Waals surface area (Å²) in [6.45, 7) is 1.52. The molecule has 0 saturated heterocycles. The molecule has 1 aliphatic heterocycles. The van der Waals surface area contributed by atoms with Gasteiger partial charge in [0.1, 0.15) is 12.1 Å². The van der Waals surface area contributed by atoms with E-state index in [1.165, 1.54) is 5.56 Å². The smallest absolute Gasteiger partial charge is 0.221 e. The Morgan fingerprint density at radius 2 is 2.06 bits per heavy atom. The van der Waals surface area contributed by atoms with Crippen LogP contribution in [0.2, 0.25) is 0 Å². The van der Waals surface area contributed by atoms with Crippen molar-refractivity contribution in [2.75, 3.05) is 11.9 Å². The van der Waals surface area contributed by atoms with Gasteiger partial charge in [-0.2, -0.15) is 0 Å². The monoisotopic (exact) mass is 241 g/mol. The zero-order chi connectivity index (χ0) is 12.2. The largest absolute Gasteiger partial charge is 0.477 e. The number of rotatable bonds is 3. The number of hydrogen-bond acceptors (Lipinski definition) is 4. The second-order valence-electron chi connectivity index (χ2n) is 4.30. The van der Waals surface area contributed by atoms with Crippen molar-refractivity contribution in [3.05, 3.63) is 47.8 Å². The maximum atomic E-state index is 5.53. The number of aromatic nitrogens is 2. The first-order chi connectivity index (χ1) is 8.93. The van der Waals surface area contributed by atoms with Crippen LogP contribution in [0.3, 0.4) is 0 Å². The normalized spacial score (nSPS) is 13.6. The summed E-state index contributed by atoms with van der Waals surface area (Å²) >= 11 is 0. The maximum absolute atomic E-state index is 5.53. The molecular formula is C14H15N3O. The summed E-state index contributed by atoms with van der Waals surface area (Å²) in [5, 5.41) is 3.36. The highest BCUT2D eigenvalue weighted by atomic mass is 16.5. The standard InChI is InChI=1S/C14H15N3O/c1-2-5-11(6-3-1)9-15-13-12-7-4-8-18-14(12)17-10-16-13/h1-3,5-6,10H,4,7-9H2,(H,15,16,17). The van der Waals surface area contributed by atoms with E-state index in [4.69, 9.17) is 4.74 Å². The van der Waals surface area contributed by atoms with Crippen molar-refractivity contribution in [1.29, 1.82) is 0 Å². The number of anilines is 1. The van der Waals surface area contributed by atoms with E-state index >= 15 is 0 Å². The van der Waals surface area contributed by atoms with E-state index in [-0.39, 0.29) is 0 Å². The Morgan fingerprint density at radius 3 is 2.94 bits per heavy atom. The second-order valence-corrected chi connectivity index (χ2v) is 4.30. The minimum absolute atomic E-state index is 0.729. The van der Waals surface area contributed by atoms with Crippen molar-refractivity contribution in [3.63, 3.8) is 0 Å². The van der Waals surface area contributed by atoms with Gasteiger partial charge >= 0.3 is 0 Å². The van der Waals surface area contributed by atoms with Gasteiger partial charge in [0.15, 0.2) is 0 Å². The molecule has 4 heteroatoms. The van der Waals surface area contributed by atoms with E-state index in [0.717, 1.165) is 43.3 Å². The van der Waals surface area contributed by atoms with Crippen LogP contribution in [0.25, 0.3) is 0 Å². The SMILES string of the molecule is c1ccc(CNc2ncnc3c2CCCO3)cc1. The molecule has 2 heterocycles. The molecular weight excluding hydrogens is 226 g/mol. The molecule has 0 saturated carbocycles. The molecule has 92 valence electrons. The summed E-state index contributed by atoms with van der Waals surface area (Å²) in [5.74, 6) is 1.62. The Hall–Kier alpha value is -2.10. The highest BCUT2D eigenvalue weighted by molar-refractivity contribution is 5.49. The predicted molar refractivity (Wildman–Crippen MR) is 69.6 cm³/mol. The van der Waals surface area contributed by atoms with Crippen LogP contribution in [0.15, 0.2) is 36.7 Å². The van der Waals surface area contributed by atoms with Gasteiger partial charge in [0.25, 0.3) is 0 Å². The summed E-state index contributed by atoms with van der Waals surface area (Å²) in [6, 6.07) is 10.3. The van der Waals surface area contributed by atoms with E-state index in [1.54, 1.807) is 6.33 Å². The van der Waals surface area contributed by atoms with Crippen LogP contribution in [0.5, 0.6) is 5.88 Å². The highest BCUT2D eigenvalue weighted by Crippen LogP contribution is 2.27. The van der Waals surface area contributed by atoms with E-state index in [1.807, 2.05) is 18.2 Å². The molecule has 0 bridgehead atoms. The second kappa shape index (κ2) is 5.04. The summed E-state index contributed by atoms with van der Waals surface area (Å²) in [5.41, 5.74) is 2.33. The Labute approximate surface area is 106 Å². The number of fused-ring (bicyclic) bond motifs is 1. The Bertz CT molecular complexity index is 528. The van der Waals surface area contributed by atoms with Crippen LogP contribution >= 0.6 is 0 Å². The van der Waals surface area contributed by atoms with Gasteiger partial charge in [0, 0.05) is 6.54 Å². The Kier molecular flexibility index (Phi) is 3.08. The Balaban J connectivity index is 1.77. The van der Waals surface area contributed by atoms with E-state index in [9.17, 15) is 0 Å². The van der Waals surface area contributed by atoms with Gasteiger partial charge in [-0.25, -0.2) is 9.97 Å². The topological polar surface area (TPSA) is 47.0 Å². The molecule has 0 unspecified atom stereocenters. The molecule has 0 atom stereocenters. The summed E-state index contributed by atoms with van der Waals surface area (Å²) in [4.78, 5) is 8.47. The summed E-state index contributed by atoms with van der Waals surface area (Å²) in [7, 11) is 0. The molecule has 1 aromatic heterocycles. The first-order valence-corrected chi connectivity index (χ1v) is 6.18. The minimum atomic E-state index is 0.729. The predicted octanol–water partition coefficient (Wildman–Crippen LogP) is 2.41. The molecule has 1 aliphatic rings. The zero-order valence-corrected chi connectivity index (χ0v) is 10.1. The van der Waals surface area contributed by atoms with Crippen molar-refractivity contribution in [2.45, 2.75) is 19.4 Å². The van der Waals surface area contributed by atoms with Crippen molar-refractivity contribution >= 4 is 5.82 Å². The molecule has 2 aromatic rings. The minimum Gasteiger partial charge on any atom is -0.477 e. The van der Waals surface area contributed by atoms with Gasteiger partial charge in [-0.1, -0.05) is 30.3 Å². The summed E-state index contributed by atoms with van der Waals surface area (Å²) in [6.07, 6.45) is 3.56. The molecule has 18 heavy (non-hydrogen) atoms. The first-order valence-electron chi connectivity index (χ1n) is 6.18. The first kappa shape index (κ1) is 11.0. The molecule has 0 amide bonds. The van der Waals surface area contributed by atoms with Gasteiger partial charge < -0.3 is 10.1 Å². The van der Waals surface area contributed by atoms with Crippen molar-refractivity contribution in [2.24, 2.45) is 0 Å². The fraction of sp³-hybridized carbons (Fsp3) is 0.286. The third kappa shape index (κ3) is 2.27. The number of nitrogens with zero attached hydrogens (tertiary/aromatic N) is 2. The van der Waals surface area contributed by atoms with Gasteiger partial charge in [0.05, 0.1) is 12.2 Å². The molecule has 0 aliphatic carbocycles. The molecule has 1 aromatic carbocycles. The van der Waals surface area contributed by atoms with Crippen LogP contribution in [-0.2, 0) is 13.0 Å². The van der Waals surface area contributed by atoms with Gasteiger partial charge in [-0.05, 0) is 18.4 Å². The number of ether oxygens (including phenoxy) is 1. The van der Waals surface area contributed by atoms with Crippen molar-refractivity contribution < 1.29 is 4.74 Å². The Morgan fingerprint density at radius 1 is 1.17 bits per heavy atom. The lowest BCUT2D eigenvalue weighted by Gasteiger charge is -2.18. The quantitative estimate of drug-likeness (QED) is 0.896. The number of nitrogens with one attached hydrogen (secondary N) is 1. The molecule has 0 spiro atoms. The highest BCUT2D eigenvalue weighted by Gasteiger charge is 2.16. The average Bonchev–Trinajstić information content (AvgIpc) is 2.46. The molecule has 4 nitrogen and oxygen atoms in total. The fourth-order valence-electron chi connectivity index (χ4n) is 2.10. The molecule has 1 N–H and O–H groups in total. The van der Waals surface area contributed by atoms with Gasteiger partial charge in [-0.3, -0.25) is 0 Å². The zero-order valence-electron chi connectivity index (χ0n) is 10.1. The van der Waals surface area contributed by atoms with Crippen LogP contribution in [0.4, 0.5) is 5.82 Å². The van der Waals surface area contributed by atoms with Crippen LogP contribution < -0.4 is 10.1 Å². The number of hydrogen-bond donors (Lipinski definition) is 1. The summed E-state index contributed by atoms with van der Waals surface area (Å²) < 4.78 is 5.53. The van der Waals surface area contributed by atoms with Crippen LogP contribution in [0.1, 0.15) is 17.5 Å². The van der Waals surface area contributed by atoms with E-state index < -0.39 is 0 Å². The van der Waals surface area contributed by atoms with Crippen molar-refractivity contribution in [3.8, 4) is 5.88 Å². The lowest BCUT2D eigenvalue weighted by Crippen LogP contribution is -2.14. The molecule has 0 fully saturated rings. The van der Waals surface area contributed by atoms with Gasteiger partial charge in [-0.15, -0.1) is 0 Å². The molecule has 3 rings (SSSR count). The maximum Gasteiger partial charge on any atom is 0.221 e. The van der Waals surface area contributed by atoms with E-state index in [2.05, 4.69) is 27.4 Å². The van der Waals surface area contributed by atoms with Crippen molar-refractivity contribution in [1.82, 2.24) is 9.97 Å². The van der Waals surface area contributed by atoms with Gasteiger partial charge in [0.2, 0.25) is 5.88 Å². The van der Waals surface area contributed by atoms with E-state index in [0.29, 0.717) is 0 Å². The number of benzene rings is 1. The fourth-order valence-corrected chi connectivity index (χ4v) is 2.10. The van der Waals surface area contributed by atoms with Crippen LogP contribution in [0, 0.1) is 0 Å².